The van der Waals surface area contributed by atoms with E-state index in [0.717, 1.165) is 24.0 Å². The zero-order valence-electron chi connectivity index (χ0n) is 15.7. The Bertz CT molecular complexity index is 1040. The molecule has 0 spiro atoms. The van der Waals surface area contributed by atoms with Crippen molar-refractivity contribution in [1.82, 2.24) is 10.1 Å². The molecule has 0 aliphatic heterocycles. The molecule has 4 rings (SSSR count). The molecule has 7 heteroatoms. The number of benzene rings is 2. The van der Waals surface area contributed by atoms with E-state index in [1.54, 1.807) is 12.1 Å². The maximum atomic E-state index is 9.41. The number of nitriles is 1. The fourth-order valence-corrected chi connectivity index (χ4v) is 3.45. The van der Waals surface area contributed by atoms with Gasteiger partial charge in [0.05, 0.1) is 11.7 Å². The predicted molar refractivity (Wildman–Crippen MR) is 108 cm³/mol. The second-order valence-electron chi connectivity index (χ2n) is 6.93. The number of fused-ring (bicyclic) bond motifs is 1. The van der Waals surface area contributed by atoms with Gasteiger partial charge in [-0.3, -0.25) is 0 Å². The van der Waals surface area contributed by atoms with Crippen LogP contribution in [0.5, 0.6) is 5.75 Å². The molecule has 2 N–H and O–H groups in total. The first-order chi connectivity index (χ1) is 13.1. The summed E-state index contributed by atoms with van der Waals surface area (Å²) < 4.78 is 11.1. The van der Waals surface area contributed by atoms with Crippen molar-refractivity contribution in [1.29, 1.82) is 5.26 Å². The van der Waals surface area contributed by atoms with Crippen LogP contribution in [0.25, 0.3) is 22.8 Å². The lowest BCUT2D eigenvalue weighted by Crippen LogP contribution is -2.06. The molecule has 2 aromatic carbocycles. The molecule has 0 fully saturated rings. The SMILES string of the molecule is CC(C)Oc1ccc(-c2nc(-c3cccc4c3CCC4N)no2)cc1C#N.Cl. The number of ether oxygens (including phenoxy) is 1. The van der Waals surface area contributed by atoms with Gasteiger partial charge in [0.25, 0.3) is 5.89 Å². The Morgan fingerprint density at radius 1 is 1.29 bits per heavy atom. The van der Waals surface area contributed by atoms with Gasteiger partial charge >= 0.3 is 0 Å². The summed E-state index contributed by atoms with van der Waals surface area (Å²) in [6.07, 6.45) is 1.83. The Labute approximate surface area is 169 Å². The molecule has 1 aromatic heterocycles. The van der Waals surface area contributed by atoms with Crippen LogP contribution < -0.4 is 10.5 Å². The third-order valence-corrected chi connectivity index (χ3v) is 4.69. The minimum Gasteiger partial charge on any atom is -0.490 e. The quantitative estimate of drug-likeness (QED) is 0.700. The van der Waals surface area contributed by atoms with E-state index in [1.165, 1.54) is 5.56 Å². The number of hydrogen-bond acceptors (Lipinski definition) is 6. The molecule has 144 valence electrons. The second kappa shape index (κ2) is 8.01. The van der Waals surface area contributed by atoms with Gasteiger partial charge < -0.3 is 15.0 Å². The second-order valence-corrected chi connectivity index (χ2v) is 6.93. The third-order valence-electron chi connectivity index (χ3n) is 4.69. The summed E-state index contributed by atoms with van der Waals surface area (Å²) in [5.74, 6) is 1.46. The molecule has 28 heavy (non-hydrogen) atoms. The normalized spacial score (nSPS) is 15.0. The topological polar surface area (TPSA) is 98.0 Å². The molecule has 1 aliphatic carbocycles. The van der Waals surface area contributed by atoms with Gasteiger partial charge in [0.15, 0.2) is 0 Å². The summed E-state index contributed by atoms with van der Waals surface area (Å²) in [6, 6.07) is 13.5. The van der Waals surface area contributed by atoms with E-state index in [0.29, 0.717) is 28.6 Å². The lowest BCUT2D eigenvalue weighted by atomic mass is 10.0. The number of nitrogens with two attached hydrogens (primary N) is 1. The molecule has 0 amide bonds. The van der Waals surface area contributed by atoms with Crippen molar-refractivity contribution in [3.63, 3.8) is 0 Å². The van der Waals surface area contributed by atoms with E-state index in [9.17, 15) is 5.26 Å². The summed E-state index contributed by atoms with van der Waals surface area (Å²) in [7, 11) is 0. The Hall–Kier alpha value is -2.88. The van der Waals surface area contributed by atoms with E-state index >= 15 is 0 Å². The van der Waals surface area contributed by atoms with E-state index in [4.69, 9.17) is 15.0 Å². The van der Waals surface area contributed by atoms with Gasteiger partial charge in [-0.05, 0) is 56.0 Å². The van der Waals surface area contributed by atoms with Crippen molar-refractivity contribution >= 4 is 12.4 Å². The van der Waals surface area contributed by atoms with Crippen molar-refractivity contribution in [3.05, 3.63) is 53.1 Å². The van der Waals surface area contributed by atoms with E-state index in [1.807, 2.05) is 32.0 Å². The molecule has 6 nitrogen and oxygen atoms in total. The fourth-order valence-electron chi connectivity index (χ4n) is 3.45. The van der Waals surface area contributed by atoms with Crippen LogP contribution in [0.1, 0.15) is 43.0 Å². The zero-order chi connectivity index (χ0) is 19.0. The van der Waals surface area contributed by atoms with Crippen molar-refractivity contribution in [3.8, 4) is 34.7 Å². The van der Waals surface area contributed by atoms with Crippen molar-refractivity contribution in [2.45, 2.75) is 38.8 Å². The van der Waals surface area contributed by atoms with Crippen molar-refractivity contribution in [2.75, 3.05) is 0 Å². The molecular formula is C21H21ClN4O2. The number of aromatic nitrogens is 2. The highest BCUT2D eigenvalue weighted by molar-refractivity contribution is 5.85. The number of hydrogen-bond donors (Lipinski definition) is 1. The molecule has 0 radical (unpaired) electrons. The summed E-state index contributed by atoms with van der Waals surface area (Å²) in [5, 5.41) is 13.6. The van der Waals surface area contributed by atoms with Crippen molar-refractivity contribution < 1.29 is 9.26 Å². The van der Waals surface area contributed by atoms with Crippen LogP contribution >= 0.6 is 12.4 Å². The highest BCUT2D eigenvalue weighted by Gasteiger charge is 2.24. The third kappa shape index (κ3) is 3.59. The van der Waals surface area contributed by atoms with Gasteiger partial charge in [-0.15, -0.1) is 12.4 Å². The Balaban J connectivity index is 0.00000225. The van der Waals surface area contributed by atoms with E-state index < -0.39 is 0 Å². The van der Waals surface area contributed by atoms with Gasteiger partial charge in [0, 0.05) is 17.2 Å². The summed E-state index contributed by atoms with van der Waals surface area (Å²) in [4.78, 5) is 4.55. The van der Waals surface area contributed by atoms with Crippen LogP contribution in [0, 0.1) is 11.3 Å². The first-order valence-corrected chi connectivity index (χ1v) is 8.99. The molecular weight excluding hydrogens is 376 g/mol. The Kier molecular flexibility index (Phi) is 5.68. The summed E-state index contributed by atoms with van der Waals surface area (Å²) in [5.41, 5.74) is 10.6. The van der Waals surface area contributed by atoms with Crippen LogP contribution in [0.15, 0.2) is 40.9 Å². The van der Waals surface area contributed by atoms with Gasteiger partial charge in [0.1, 0.15) is 11.8 Å². The summed E-state index contributed by atoms with van der Waals surface area (Å²) in [6.45, 7) is 3.84. The smallest absolute Gasteiger partial charge is 0.258 e. The van der Waals surface area contributed by atoms with Crippen molar-refractivity contribution in [2.24, 2.45) is 5.73 Å². The standard InChI is InChI=1S/C21H20N4O2.ClH/c1-12(2)26-19-9-6-13(10-14(19)11-22)21-24-20(25-27-21)17-5-3-4-16-15(17)7-8-18(16)23;/h3-6,9-10,12,18H,7-8,23H2,1-2H3;1H. The molecule has 1 aliphatic rings. The van der Waals surface area contributed by atoms with Crippen LogP contribution in [0.2, 0.25) is 0 Å². The minimum absolute atomic E-state index is 0. The zero-order valence-corrected chi connectivity index (χ0v) is 16.5. The molecule has 0 saturated carbocycles. The first-order valence-electron chi connectivity index (χ1n) is 8.99. The summed E-state index contributed by atoms with van der Waals surface area (Å²) >= 11 is 0. The first kappa shape index (κ1) is 19.9. The van der Waals surface area contributed by atoms with Gasteiger partial charge in [-0.1, -0.05) is 23.4 Å². The average molecular weight is 397 g/mol. The van der Waals surface area contributed by atoms with Gasteiger partial charge in [-0.2, -0.15) is 10.2 Å². The number of halogens is 1. The minimum atomic E-state index is -0.00972. The monoisotopic (exact) mass is 396 g/mol. The Morgan fingerprint density at radius 3 is 2.86 bits per heavy atom. The van der Waals surface area contributed by atoms with E-state index in [2.05, 4.69) is 22.3 Å². The van der Waals surface area contributed by atoms with Crippen LogP contribution in [-0.4, -0.2) is 16.2 Å². The fraction of sp³-hybridized carbons (Fsp3) is 0.286. The highest BCUT2D eigenvalue weighted by atomic mass is 35.5. The predicted octanol–water partition coefficient (Wildman–Crippen LogP) is 4.43. The number of nitrogens with zero attached hydrogens (tertiary/aromatic N) is 3. The average Bonchev–Trinajstić information content (AvgIpc) is 3.29. The van der Waals surface area contributed by atoms with E-state index in [-0.39, 0.29) is 24.6 Å². The maximum absolute atomic E-state index is 9.41. The molecule has 0 bridgehead atoms. The Morgan fingerprint density at radius 2 is 2.11 bits per heavy atom. The van der Waals surface area contributed by atoms with Crippen LogP contribution in [0.3, 0.4) is 0 Å². The van der Waals surface area contributed by atoms with Gasteiger partial charge in [0.2, 0.25) is 5.82 Å². The molecule has 3 aromatic rings. The largest absolute Gasteiger partial charge is 0.490 e. The number of rotatable bonds is 4. The van der Waals surface area contributed by atoms with Crippen LogP contribution in [0.4, 0.5) is 0 Å². The molecule has 1 unspecified atom stereocenters. The molecule has 1 heterocycles. The lowest BCUT2D eigenvalue weighted by molar-refractivity contribution is 0.242. The van der Waals surface area contributed by atoms with Gasteiger partial charge in [-0.25, -0.2) is 0 Å². The molecule has 1 atom stereocenters. The molecule has 0 saturated heterocycles. The maximum Gasteiger partial charge on any atom is 0.258 e. The van der Waals surface area contributed by atoms with Crippen LogP contribution in [-0.2, 0) is 6.42 Å². The lowest BCUT2D eigenvalue weighted by Gasteiger charge is -2.11. The highest BCUT2D eigenvalue weighted by Crippen LogP contribution is 2.36.